The molecule has 1 unspecified atom stereocenters. The summed E-state index contributed by atoms with van der Waals surface area (Å²) in [5, 5.41) is 42.1. The van der Waals surface area contributed by atoms with Crippen LogP contribution in [0.3, 0.4) is 0 Å². The largest absolute Gasteiger partial charge is 0.456 e. The van der Waals surface area contributed by atoms with Crippen molar-refractivity contribution in [3.05, 3.63) is 345 Å². The normalized spacial score (nSPS) is 15.6. The van der Waals surface area contributed by atoms with Crippen LogP contribution in [-0.2, 0) is 78.8 Å². The van der Waals surface area contributed by atoms with E-state index in [2.05, 4.69) is 36.2 Å². The number of rotatable bonds is 26. The van der Waals surface area contributed by atoms with Gasteiger partial charge in [0, 0.05) is 181 Å². The van der Waals surface area contributed by atoms with Crippen molar-refractivity contribution in [1.29, 1.82) is 0 Å². The Morgan fingerprint density at radius 3 is 1.22 bits per heavy atom. The standard InChI is InChI=1S/2C32H33FN4O3S.C28H28N4O3.C21H26N2O3S/c2*1-32(2,3)41(40)37-20-25-17-27(31(39)35-19-24-8-4-5-12-26(24)33)36-30(29(25)28(37)13-15-38)22-10-6-9-21(16-22)23-11-7-14-34-18-23;1-4-29-27(33)23-13-21-15-32(28(34)30-17(2)3)16-22(21)26(31-23)20-10-7-9-18(12-20)25-14-19-8-5-6-11-24(19)35-25;1-14(25)17-12-16-13-23(27(26)21(2,3)4)18(10-11-24)19(16)20(22-17)15-8-6-5-7-9-15/h2*4-12,14,16-18,28,38H,13,15,19-20H2,1-3H3,(H,35,39);5-14,17H,4,15-16H2,1-3H3,(H,29,33)(H,30,34);5-9,12,18,24H,10-11,13H2,1-4H3/t28-,41?;28-,41-;;18-,27-/m10.1/s1. The molecule has 0 saturated heterocycles. The molecule has 0 radical (unpaired) electrons. The number of benzene rings is 7. The molecule has 5 amide bonds. The van der Waals surface area contributed by atoms with E-state index in [-0.39, 0.29) is 86.2 Å². The molecule has 7 aromatic carbocycles. The summed E-state index contributed by atoms with van der Waals surface area (Å²) in [6.45, 7) is 27.0. The van der Waals surface area contributed by atoms with Crippen molar-refractivity contribution in [1.82, 2.24) is 69.0 Å². The fourth-order valence-electron chi connectivity index (χ4n) is 18.1. The Bertz CT molecular complexity index is 6870. The van der Waals surface area contributed by atoms with E-state index in [9.17, 15) is 60.7 Å². The first-order chi connectivity index (χ1) is 69.0. The number of aliphatic hydroxyl groups is 3. The topological polar surface area (TPSA) is 349 Å². The Labute approximate surface area is 845 Å². The molecule has 0 aliphatic carbocycles. The number of nitrogens with one attached hydrogen (secondary N) is 4. The fourth-order valence-corrected chi connectivity index (χ4v) is 22.3. The lowest BCUT2D eigenvalue weighted by Gasteiger charge is -2.30. The van der Waals surface area contributed by atoms with E-state index in [4.69, 9.17) is 19.4 Å². The number of halogens is 2. The second-order valence-corrected chi connectivity index (χ2v) is 45.4. The second-order valence-electron chi connectivity index (χ2n) is 38.8. The highest BCUT2D eigenvalue weighted by Gasteiger charge is 2.45. The highest BCUT2D eigenvalue weighted by atomic mass is 32.2. The van der Waals surface area contributed by atoms with E-state index in [1.165, 1.54) is 19.1 Å². The monoisotopic (exact) mass is 2000 g/mol. The predicted molar refractivity (Wildman–Crippen MR) is 560 cm³/mol. The molecule has 746 valence electrons. The number of para-hydroxylation sites is 1. The molecule has 4 aliphatic rings. The summed E-state index contributed by atoms with van der Waals surface area (Å²) in [4.78, 5) is 93.5. The first-order valence-electron chi connectivity index (χ1n) is 48.1. The van der Waals surface area contributed by atoms with Gasteiger partial charge in [-0.25, -0.2) is 59.1 Å². The Morgan fingerprint density at radius 2 is 0.792 bits per heavy atom. The van der Waals surface area contributed by atoms with Gasteiger partial charge in [-0.1, -0.05) is 152 Å². The molecular weight excluding hydrogens is 1880 g/mol. The number of carbonyl (C=O) groups excluding carboxylic acids is 5. The van der Waals surface area contributed by atoms with Crippen molar-refractivity contribution in [2.75, 3.05) is 26.4 Å². The first-order valence-corrected chi connectivity index (χ1v) is 51.4. The van der Waals surface area contributed by atoms with E-state index < -0.39 is 70.6 Å². The summed E-state index contributed by atoms with van der Waals surface area (Å²) >= 11 is 0. The van der Waals surface area contributed by atoms with E-state index in [0.717, 1.165) is 117 Å². The van der Waals surface area contributed by atoms with Gasteiger partial charge in [0.1, 0.15) is 78.7 Å². The third-order valence-corrected chi connectivity index (χ3v) is 30.4. The maximum atomic E-state index is 14.2. The average Bonchev–Trinajstić information content (AvgIpc) is 1.62. The number of hydrogen-bond acceptors (Lipinski definition) is 18. The molecule has 26 nitrogen and oxygen atoms in total. The highest BCUT2D eigenvalue weighted by Crippen LogP contribution is 2.49. The molecular formula is C113H120F2N14O12S3. The van der Waals surface area contributed by atoms with Crippen LogP contribution in [0.25, 0.3) is 89.6 Å². The fraction of sp³-hybridized carbons (Fsp3) is 0.301. The molecule has 0 saturated carbocycles. The molecule has 14 aromatic rings. The maximum Gasteiger partial charge on any atom is 0.318 e. The number of ketones is 1. The summed E-state index contributed by atoms with van der Waals surface area (Å²) in [7, 11) is -3.99. The van der Waals surface area contributed by atoms with Gasteiger partial charge in [0.25, 0.3) is 17.7 Å². The maximum absolute atomic E-state index is 14.2. The van der Waals surface area contributed by atoms with Crippen LogP contribution in [0.5, 0.6) is 0 Å². The highest BCUT2D eigenvalue weighted by molar-refractivity contribution is 7.84. The van der Waals surface area contributed by atoms with Gasteiger partial charge in [0.05, 0.1) is 61.7 Å². The number of hydrogen-bond donors (Lipinski definition) is 7. The van der Waals surface area contributed by atoms with Gasteiger partial charge in [-0.15, -0.1) is 0 Å². The van der Waals surface area contributed by atoms with E-state index in [1.54, 1.807) is 84.3 Å². The second kappa shape index (κ2) is 46.0. The minimum Gasteiger partial charge on any atom is -0.456 e. The van der Waals surface area contributed by atoms with Crippen LogP contribution >= 0.6 is 0 Å². The summed E-state index contributed by atoms with van der Waals surface area (Å²) in [6, 6.07) is 69.7. The molecule has 11 heterocycles. The van der Waals surface area contributed by atoms with Crippen LogP contribution in [-0.4, -0.2) is 152 Å². The van der Waals surface area contributed by atoms with Gasteiger partial charge in [-0.3, -0.25) is 29.1 Å². The zero-order chi connectivity index (χ0) is 103. The molecule has 4 aliphatic heterocycles. The molecule has 144 heavy (non-hydrogen) atoms. The van der Waals surface area contributed by atoms with Crippen molar-refractivity contribution in [3.8, 4) is 78.6 Å². The van der Waals surface area contributed by atoms with Crippen LogP contribution in [0.2, 0.25) is 0 Å². The lowest BCUT2D eigenvalue weighted by Crippen LogP contribution is -2.40. The Morgan fingerprint density at radius 1 is 0.417 bits per heavy atom. The number of Topliss-reactive ketones (excluding diaryl/α,β-unsaturated/α-hetero) is 1. The van der Waals surface area contributed by atoms with Crippen LogP contribution < -0.4 is 21.3 Å². The van der Waals surface area contributed by atoms with Gasteiger partial charge >= 0.3 is 6.03 Å². The Hall–Kier alpha value is -13.6. The van der Waals surface area contributed by atoms with Crippen LogP contribution in [0.4, 0.5) is 13.6 Å². The molecule has 7 aromatic heterocycles. The summed E-state index contributed by atoms with van der Waals surface area (Å²) in [5.41, 5.74) is 20.6. The molecule has 6 atom stereocenters. The van der Waals surface area contributed by atoms with Gasteiger partial charge in [0.2, 0.25) is 0 Å². The zero-order valence-corrected chi connectivity index (χ0v) is 85.4. The number of aromatic nitrogens is 6. The van der Waals surface area contributed by atoms with E-state index in [1.807, 2.05) is 260 Å². The molecule has 0 fully saturated rings. The summed E-state index contributed by atoms with van der Waals surface area (Å²) in [5.74, 6) is -1.21. The molecule has 31 heteroatoms. The van der Waals surface area contributed by atoms with E-state index >= 15 is 0 Å². The number of nitrogens with zero attached hydrogens (tertiary/aromatic N) is 10. The Balaban J connectivity index is 0.000000146. The number of amides is 5. The van der Waals surface area contributed by atoms with Gasteiger partial charge in [-0.05, 0) is 215 Å². The van der Waals surface area contributed by atoms with Crippen molar-refractivity contribution in [2.24, 2.45) is 0 Å². The summed E-state index contributed by atoms with van der Waals surface area (Å²) < 4.78 is 79.1. The van der Waals surface area contributed by atoms with Crippen molar-refractivity contribution < 1.29 is 65.1 Å². The first kappa shape index (κ1) is 105. The molecule has 0 spiro atoms. The average molecular weight is 2000 g/mol. The van der Waals surface area contributed by atoms with Crippen LogP contribution in [0, 0.1) is 11.6 Å². The predicted octanol–water partition coefficient (Wildman–Crippen LogP) is 20.2. The number of carbonyl (C=O) groups is 5. The number of pyridine rings is 6. The lowest BCUT2D eigenvalue weighted by atomic mass is 9.94. The summed E-state index contributed by atoms with van der Waals surface area (Å²) in [6.07, 6.45) is 8.20. The SMILES string of the molecule is CC(=O)c1cc2c(c(-c3ccccc3)n1)[C@@H](CCO)N([S@](=O)C(C)(C)C)C2.CC(C)(C)S(=O)N1Cc2cc(C(=O)NCc3ccccc3F)nc(-c3cccc(-c4cccnc4)c3)c2[C@H]1CCO.CC(C)(C)[S@](=O)N1Cc2cc(C(=O)NCc3ccccc3F)nc(-c3cccc(-c4cccnc4)c3)c2[C@@H]1CCO.CCNC(=O)c1cc2c(c(-c3cccc(-c4cc5ccccc5o4)c3)n1)CN(C(=O)NC(C)C)C2. The molecule has 18 rings (SSSR count). The van der Waals surface area contributed by atoms with Crippen LogP contribution in [0.1, 0.15) is 225 Å². The number of furan rings is 1. The number of fused-ring (bicyclic) bond motifs is 5. The van der Waals surface area contributed by atoms with Crippen LogP contribution in [0.15, 0.2) is 260 Å². The molecule has 7 N–H and O–H groups in total. The minimum absolute atomic E-state index is 0.00929. The third-order valence-electron chi connectivity index (χ3n) is 24.8. The van der Waals surface area contributed by atoms with Crippen molar-refractivity contribution in [3.63, 3.8) is 0 Å². The smallest absolute Gasteiger partial charge is 0.318 e. The number of urea groups is 1. The quantitative estimate of drug-likeness (QED) is 0.0248. The third kappa shape index (κ3) is 24.2. The van der Waals surface area contributed by atoms with Gasteiger partial charge < -0.3 is 45.9 Å². The lowest BCUT2D eigenvalue weighted by molar-refractivity contribution is 0.0937. The van der Waals surface area contributed by atoms with Crippen molar-refractivity contribution in [2.45, 2.75) is 193 Å². The number of aliphatic hydroxyl groups excluding tert-OH is 3. The minimum atomic E-state index is -1.37. The molecule has 0 bridgehead atoms. The van der Waals surface area contributed by atoms with E-state index in [0.29, 0.717) is 98.1 Å². The van der Waals surface area contributed by atoms with Gasteiger partial charge in [-0.2, -0.15) is 0 Å². The van der Waals surface area contributed by atoms with Crippen molar-refractivity contribution >= 4 is 73.5 Å². The zero-order valence-electron chi connectivity index (χ0n) is 82.9. The van der Waals surface area contributed by atoms with Gasteiger partial charge in [0.15, 0.2) is 5.78 Å². The Kier molecular flexibility index (Phi) is 33.4.